The number of halogens is 1. The lowest BCUT2D eigenvalue weighted by Gasteiger charge is -2.02. The van der Waals surface area contributed by atoms with Gasteiger partial charge in [0, 0.05) is 24.9 Å². The van der Waals surface area contributed by atoms with Gasteiger partial charge in [0.2, 0.25) is 0 Å². The minimum absolute atomic E-state index is 0.162. The van der Waals surface area contributed by atoms with Gasteiger partial charge in [-0.05, 0) is 18.6 Å². The van der Waals surface area contributed by atoms with Gasteiger partial charge in [-0.25, -0.2) is 0 Å². The van der Waals surface area contributed by atoms with Crippen molar-refractivity contribution in [3.8, 4) is 11.4 Å². The molecule has 0 saturated carbocycles. The Labute approximate surface area is 114 Å². The van der Waals surface area contributed by atoms with E-state index in [2.05, 4.69) is 15.2 Å². The van der Waals surface area contributed by atoms with Gasteiger partial charge in [-0.1, -0.05) is 11.8 Å². The van der Waals surface area contributed by atoms with E-state index in [0.29, 0.717) is 17.3 Å². The van der Waals surface area contributed by atoms with Crippen LogP contribution in [0, 0.1) is 0 Å². The van der Waals surface area contributed by atoms with E-state index in [1.54, 1.807) is 30.1 Å². The molecule has 0 aliphatic rings. The number of alkyl halides is 1. The Kier molecular flexibility index (Phi) is 4.43. The molecule has 5 nitrogen and oxygen atoms in total. The maximum atomic E-state index is 11.7. The van der Waals surface area contributed by atoms with Crippen molar-refractivity contribution in [2.75, 3.05) is 11.6 Å². The summed E-state index contributed by atoms with van der Waals surface area (Å²) >= 11 is 7.21. The second kappa shape index (κ2) is 6.06. The smallest absolute Gasteiger partial charge is 0.259 e. The van der Waals surface area contributed by atoms with E-state index >= 15 is 0 Å². The fourth-order valence-electron chi connectivity index (χ4n) is 1.49. The molecule has 0 unspecified atom stereocenters. The predicted molar refractivity (Wildman–Crippen MR) is 73.1 cm³/mol. The van der Waals surface area contributed by atoms with Gasteiger partial charge in [-0.2, -0.15) is 0 Å². The van der Waals surface area contributed by atoms with Crippen molar-refractivity contribution in [2.45, 2.75) is 11.6 Å². The number of hydrogen-bond acceptors (Lipinski definition) is 4. The summed E-state index contributed by atoms with van der Waals surface area (Å²) in [6.07, 6.45) is 2.51. The number of H-pyrrole nitrogens is 1. The third kappa shape index (κ3) is 2.76. The second-order valence-electron chi connectivity index (χ2n) is 3.67. The zero-order chi connectivity index (χ0) is 13.0. The average molecular weight is 285 g/mol. The molecule has 0 bridgehead atoms. The first-order valence-corrected chi connectivity index (χ1v) is 7.02. The van der Waals surface area contributed by atoms with Crippen LogP contribution in [0.5, 0.6) is 0 Å². The van der Waals surface area contributed by atoms with E-state index in [0.717, 1.165) is 17.3 Å². The first-order valence-electron chi connectivity index (χ1n) is 5.50. The number of nitrogens with one attached hydrogen (secondary N) is 1. The molecular formula is C11H13ClN4OS. The van der Waals surface area contributed by atoms with E-state index in [4.69, 9.17) is 11.6 Å². The summed E-state index contributed by atoms with van der Waals surface area (Å²) < 4.78 is 1.82. The number of aromatic nitrogens is 4. The molecule has 2 rings (SSSR count). The van der Waals surface area contributed by atoms with Crippen LogP contribution in [0.2, 0.25) is 0 Å². The molecule has 0 saturated heterocycles. The van der Waals surface area contributed by atoms with Crippen LogP contribution in [0.4, 0.5) is 0 Å². The van der Waals surface area contributed by atoms with Crippen molar-refractivity contribution in [1.29, 1.82) is 0 Å². The van der Waals surface area contributed by atoms with Crippen LogP contribution < -0.4 is 5.56 Å². The molecule has 0 atom stereocenters. The summed E-state index contributed by atoms with van der Waals surface area (Å²) in [5.41, 5.74) is 0.363. The Morgan fingerprint density at radius 3 is 3.06 bits per heavy atom. The van der Waals surface area contributed by atoms with E-state index < -0.39 is 0 Å². The summed E-state index contributed by atoms with van der Waals surface area (Å²) in [6.45, 7) is 0. The van der Waals surface area contributed by atoms with Gasteiger partial charge in [0.1, 0.15) is 0 Å². The van der Waals surface area contributed by atoms with Gasteiger partial charge in [-0.15, -0.1) is 21.8 Å². The van der Waals surface area contributed by atoms with Gasteiger partial charge in [0.05, 0.1) is 5.56 Å². The molecule has 96 valence electrons. The fourth-order valence-corrected chi connectivity index (χ4v) is 2.63. The number of nitrogens with zero attached hydrogens (tertiary/aromatic N) is 3. The molecule has 7 heteroatoms. The zero-order valence-electron chi connectivity index (χ0n) is 9.89. The van der Waals surface area contributed by atoms with Gasteiger partial charge in [0.15, 0.2) is 11.0 Å². The first-order chi connectivity index (χ1) is 8.74. The van der Waals surface area contributed by atoms with Gasteiger partial charge in [0.25, 0.3) is 5.56 Å². The van der Waals surface area contributed by atoms with Crippen molar-refractivity contribution in [1.82, 2.24) is 19.7 Å². The maximum Gasteiger partial charge on any atom is 0.259 e. The molecule has 1 N–H and O–H groups in total. The molecule has 18 heavy (non-hydrogen) atoms. The summed E-state index contributed by atoms with van der Waals surface area (Å²) in [5, 5.41) is 8.94. The lowest BCUT2D eigenvalue weighted by Crippen LogP contribution is -2.10. The molecule has 0 fully saturated rings. The Morgan fingerprint density at radius 2 is 2.33 bits per heavy atom. The second-order valence-corrected chi connectivity index (χ2v) is 5.11. The summed E-state index contributed by atoms with van der Waals surface area (Å²) in [7, 11) is 1.85. The van der Waals surface area contributed by atoms with Gasteiger partial charge in [-0.3, -0.25) is 4.79 Å². The molecular weight excluding hydrogens is 272 g/mol. The summed E-state index contributed by atoms with van der Waals surface area (Å²) in [6, 6.07) is 3.50. The molecule has 0 spiro atoms. The maximum absolute atomic E-state index is 11.7. The zero-order valence-corrected chi connectivity index (χ0v) is 11.5. The highest BCUT2D eigenvalue weighted by Crippen LogP contribution is 2.20. The van der Waals surface area contributed by atoms with Crippen molar-refractivity contribution in [3.63, 3.8) is 0 Å². The normalized spacial score (nSPS) is 10.8. The highest BCUT2D eigenvalue weighted by atomic mass is 35.5. The van der Waals surface area contributed by atoms with E-state index in [1.807, 2.05) is 11.6 Å². The van der Waals surface area contributed by atoms with Crippen molar-refractivity contribution >= 4 is 23.4 Å². The standard InChI is InChI=1S/C11H13ClN4OS/c1-16-9(8-4-2-6-13-10(8)17)14-15-11(16)18-7-3-5-12/h2,4,6H,3,5,7H2,1H3,(H,13,17). The lowest BCUT2D eigenvalue weighted by atomic mass is 10.2. The monoisotopic (exact) mass is 284 g/mol. The van der Waals surface area contributed by atoms with Crippen molar-refractivity contribution < 1.29 is 0 Å². The van der Waals surface area contributed by atoms with Crippen LogP contribution in [0.1, 0.15) is 6.42 Å². The van der Waals surface area contributed by atoms with Crippen molar-refractivity contribution in [3.05, 3.63) is 28.7 Å². The molecule has 2 heterocycles. The highest BCUT2D eigenvalue weighted by Gasteiger charge is 2.13. The highest BCUT2D eigenvalue weighted by molar-refractivity contribution is 7.99. The van der Waals surface area contributed by atoms with Crippen LogP contribution >= 0.6 is 23.4 Å². The number of aromatic amines is 1. The number of hydrogen-bond donors (Lipinski definition) is 1. The Morgan fingerprint density at radius 1 is 1.50 bits per heavy atom. The van der Waals surface area contributed by atoms with E-state index in [1.165, 1.54) is 0 Å². The number of rotatable bonds is 5. The van der Waals surface area contributed by atoms with Gasteiger partial charge < -0.3 is 9.55 Å². The molecule has 0 amide bonds. The predicted octanol–water partition coefficient (Wildman–Crippen LogP) is 1.89. The molecule has 0 radical (unpaired) electrons. The van der Waals surface area contributed by atoms with Crippen LogP contribution in [0.25, 0.3) is 11.4 Å². The molecule has 0 aliphatic heterocycles. The first kappa shape index (κ1) is 13.2. The van der Waals surface area contributed by atoms with Crippen molar-refractivity contribution in [2.24, 2.45) is 7.05 Å². The van der Waals surface area contributed by atoms with Crippen LogP contribution in [-0.2, 0) is 7.05 Å². The Bertz CT molecular complexity index is 580. The third-order valence-electron chi connectivity index (χ3n) is 2.40. The Balaban J connectivity index is 2.26. The van der Waals surface area contributed by atoms with Crippen LogP contribution in [0.15, 0.2) is 28.3 Å². The largest absolute Gasteiger partial charge is 0.328 e. The van der Waals surface area contributed by atoms with Gasteiger partial charge >= 0.3 is 0 Å². The summed E-state index contributed by atoms with van der Waals surface area (Å²) in [5.74, 6) is 2.10. The lowest BCUT2D eigenvalue weighted by molar-refractivity contribution is 0.792. The van der Waals surface area contributed by atoms with E-state index in [-0.39, 0.29) is 5.56 Å². The minimum Gasteiger partial charge on any atom is -0.328 e. The van der Waals surface area contributed by atoms with E-state index in [9.17, 15) is 4.79 Å². The topological polar surface area (TPSA) is 63.6 Å². The number of thioether (sulfide) groups is 1. The molecule has 0 aliphatic carbocycles. The fraction of sp³-hybridized carbons (Fsp3) is 0.364. The van der Waals surface area contributed by atoms with Crippen LogP contribution in [-0.4, -0.2) is 31.4 Å². The Hall–Kier alpha value is -1.27. The SMILES string of the molecule is Cn1c(SCCCCl)nnc1-c1ccc[nH]c1=O. The minimum atomic E-state index is -0.162. The number of pyridine rings is 1. The quantitative estimate of drug-likeness (QED) is 0.517. The summed E-state index contributed by atoms with van der Waals surface area (Å²) in [4.78, 5) is 14.3. The molecule has 2 aromatic rings. The molecule has 2 aromatic heterocycles. The average Bonchev–Trinajstić information content (AvgIpc) is 2.72. The van der Waals surface area contributed by atoms with Crippen LogP contribution in [0.3, 0.4) is 0 Å². The molecule has 0 aromatic carbocycles. The third-order valence-corrected chi connectivity index (χ3v) is 3.78.